The van der Waals surface area contributed by atoms with Crippen LogP contribution < -0.4 is 5.56 Å². The van der Waals surface area contributed by atoms with Gasteiger partial charge in [0.05, 0.1) is 51.5 Å². The van der Waals surface area contributed by atoms with Crippen LogP contribution in [-0.2, 0) is 89.1 Å². The fourth-order valence-electron chi connectivity index (χ4n) is 11.0. The first-order valence-corrected chi connectivity index (χ1v) is 28.5. The number of esters is 6. The number of hydrogen-bond donors (Lipinski definition) is 0. The zero-order chi connectivity index (χ0) is 66.6. The third-order valence-corrected chi connectivity index (χ3v) is 14.8. The maximum atomic E-state index is 15.1. The van der Waals surface area contributed by atoms with Crippen molar-refractivity contribution in [3.8, 4) is 0 Å². The van der Waals surface area contributed by atoms with E-state index in [-0.39, 0.29) is 58.2 Å². The zero-order valence-corrected chi connectivity index (χ0v) is 50.8. The number of non-ortho nitro benzene ring substituents is 1. The van der Waals surface area contributed by atoms with Crippen molar-refractivity contribution in [3.05, 3.63) is 133 Å². The number of aryl methyl sites for hydroxylation is 1. The summed E-state index contributed by atoms with van der Waals surface area (Å²) in [6, 6.07) is 12.9. The van der Waals surface area contributed by atoms with Crippen molar-refractivity contribution in [1.82, 2.24) is 34.2 Å². The van der Waals surface area contributed by atoms with Crippen LogP contribution in [0.2, 0.25) is 0 Å². The molecule has 4 aliphatic heterocycles. The van der Waals surface area contributed by atoms with E-state index in [1.165, 1.54) is 86.1 Å². The van der Waals surface area contributed by atoms with Gasteiger partial charge < -0.3 is 52.3 Å². The Kier molecular flexibility index (Phi) is 20.0. The Hall–Kier alpha value is -10.3. The third-order valence-electron chi connectivity index (χ3n) is 14.8. The van der Waals surface area contributed by atoms with Gasteiger partial charge >= 0.3 is 35.8 Å². The summed E-state index contributed by atoms with van der Waals surface area (Å²) in [5.74, 6) is -9.84. The van der Waals surface area contributed by atoms with Gasteiger partial charge in [-0.15, -0.1) is 0 Å². The molecule has 9 rings (SSSR count). The molecule has 6 heterocycles. The molecular formula is C60H61N9O23. The molecule has 4 aliphatic rings. The fraction of sp³-hybridized carbons (Fsp3) is 0.417. The zero-order valence-electron chi connectivity index (χ0n) is 50.8. The standard InChI is InChI=1S/C60H61N9O23/c1-28(85-58-45(67-53(76)37-14-10-11-15-38(37)54(67)77)50(88-33(6)74)48(86-31(4)72)42(90-58)25-83-29(2)70)47(41-24-61-52-44(63-41)57(80)66(60(64-52)62-27-65(8)9)23-22-35-18-20-36(21-19-35)69(81)82)92-59-46(68-55(78)39-16-12-13-17-40(39)56(68)79)51(89-34(7)75)49(87-32(5)73)43(91-59)26-84-30(3)71/h10-21,24,27-28,42-43,45-51,58-59H,22-23,25-26H2,1-9H3/b62-27+/t28-,42+,43+,45+,46+,47-,48+,49+,50+,51+,58+,59-/m0/s1. The Labute approximate surface area is 521 Å². The summed E-state index contributed by atoms with van der Waals surface area (Å²) in [4.78, 5) is 184. The molecule has 4 amide bonds. The second kappa shape index (κ2) is 27.8. The second-order valence-corrected chi connectivity index (χ2v) is 21.6. The van der Waals surface area contributed by atoms with Crippen LogP contribution in [-0.4, -0.2) is 200 Å². The average Bonchev–Trinajstić information content (AvgIpc) is 1.51. The first-order chi connectivity index (χ1) is 43.7. The van der Waals surface area contributed by atoms with Crippen LogP contribution in [0.4, 0.5) is 11.6 Å². The molecule has 92 heavy (non-hydrogen) atoms. The van der Waals surface area contributed by atoms with Crippen molar-refractivity contribution in [2.24, 2.45) is 4.99 Å². The monoisotopic (exact) mass is 1280 g/mol. The molecule has 0 spiro atoms. The number of nitro groups is 1. The number of amides is 4. The van der Waals surface area contributed by atoms with Gasteiger partial charge in [0.2, 0.25) is 5.95 Å². The van der Waals surface area contributed by atoms with Gasteiger partial charge in [0.25, 0.3) is 34.9 Å². The lowest BCUT2D eigenvalue weighted by Gasteiger charge is -2.49. The third kappa shape index (κ3) is 14.2. The van der Waals surface area contributed by atoms with Crippen molar-refractivity contribution >= 4 is 88.6 Å². The maximum absolute atomic E-state index is 15.1. The number of imide groups is 2. The molecule has 0 saturated carbocycles. The highest BCUT2D eigenvalue weighted by Gasteiger charge is 2.60. The van der Waals surface area contributed by atoms with E-state index in [4.69, 9.17) is 52.4 Å². The fourth-order valence-corrected chi connectivity index (χ4v) is 11.0. The van der Waals surface area contributed by atoms with E-state index in [0.29, 0.717) is 15.4 Å². The highest BCUT2D eigenvalue weighted by molar-refractivity contribution is 6.22. The smallest absolute Gasteiger partial charge is 0.303 e. The molecule has 32 nitrogen and oxygen atoms in total. The number of aliphatic imine (C=N–C) groups is 1. The Bertz CT molecular complexity index is 3810. The highest BCUT2D eigenvalue weighted by Crippen LogP contribution is 2.41. The number of aromatic nitrogens is 4. The summed E-state index contributed by atoms with van der Waals surface area (Å²) in [6.07, 6.45) is -16.1. The summed E-state index contributed by atoms with van der Waals surface area (Å²) in [5.41, 5.74) is -2.09. The Morgan fingerprint density at radius 1 is 0.630 bits per heavy atom. The molecule has 0 aliphatic carbocycles. The molecule has 32 heteroatoms. The van der Waals surface area contributed by atoms with Gasteiger partial charge in [-0.25, -0.2) is 15.0 Å². The van der Waals surface area contributed by atoms with E-state index in [9.17, 15) is 58.1 Å². The van der Waals surface area contributed by atoms with Crippen LogP contribution in [0, 0.1) is 10.1 Å². The molecule has 2 aromatic heterocycles. The summed E-state index contributed by atoms with van der Waals surface area (Å²) < 4.78 is 61.9. The van der Waals surface area contributed by atoms with E-state index >= 15 is 4.79 Å². The number of carbonyl (C=O) groups excluding carboxylic acids is 10. The van der Waals surface area contributed by atoms with Crippen LogP contribution in [0.1, 0.15) is 107 Å². The minimum absolute atomic E-state index is 0.0879. The number of ether oxygens (including phenoxy) is 10. The van der Waals surface area contributed by atoms with Crippen molar-refractivity contribution < 1.29 is 100 Å². The lowest BCUT2D eigenvalue weighted by Crippen LogP contribution is -2.68. The van der Waals surface area contributed by atoms with Gasteiger partial charge in [-0.2, -0.15) is 4.98 Å². The van der Waals surface area contributed by atoms with Crippen molar-refractivity contribution in [1.29, 1.82) is 0 Å². The minimum Gasteiger partial charge on any atom is -0.463 e. The van der Waals surface area contributed by atoms with Crippen LogP contribution in [0.25, 0.3) is 11.2 Å². The molecule has 2 saturated heterocycles. The Balaban J connectivity index is 1.26. The number of rotatable bonds is 22. The average molecular weight is 1280 g/mol. The number of nitrogens with zero attached hydrogens (tertiary/aromatic N) is 9. The van der Waals surface area contributed by atoms with Crippen LogP contribution in [0.15, 0.2) is 88.8 Å². The van der Waals surface area contributed by atoms with Crippen LogP contribution >= 0.6 is 0 Å². The van der Waals surface area contributed by atoms with Gasteiger partial charge in [0.1, 0.15) is 43.6 Å². The van der Waals surface area contributed by atoms with Crippen molar-refractivity contribution in [2.75, 3.05) is 27.3 Å². The maximum Gasteiger partial charge on any atom is 0.303 e. The minimum atomic E-state index is -2.15. The summed E-state index contributed by atoms with van der Waals surface area (Å²) >= 11 is 0. The number of hydrogen-bond acceptors (Lipinski definition) is 27. The van der Waals surface area contributed by atoms with Gasteiger partial charge in [-0.05, 0) is 43.2 Å². The summed E-state index contributed by atoms with van der Waals surface area (Å²) in [5, 5.41) is 11.5. The van der Waals surface area contributed by atoms with Gasteiger partial charge in [-0.3, -0.25) is 77.2 Å². The lowest BCUT2D eigenvalue weighted by molar-refractivity contribution is -0.384. The molecule has 0 unspecified atom stereocenters. The molecule has 3 aromatic carbocycles. The summed E-state index contributed by atoms with van der Waals surface area (Å²) in [6.45, 7) is 5.71. The van der Waals surface area contributed by atoms with E-state index in [1.807, 2.05) is 0 Å². The molecule has 12 atom stereocenters. The number of carbonyl (C=O) groups is 10. The molecule has 484 valence electrons. The topological polar surface area (TPSA) is 389 Å². The molecular weight excluding hydrogens is 1210 g/mol. The second-order valence-electron chi connectivity index (χ2n) is 21.6. The molecule has 0 N–H and O–H groups in total. The molecule has 5 aromatic rings. The van der Waals surface area contributed by atoms with E-state index < -0.39 is 162 Å². The lowest BCUT2D eigenvalue weighted by atomic mass is 9.94. The summed E-state index contributed by atoms with van der Waals surface area (Å²) in [7, 11) is 3.32. The predicted molar refractivity (Wildman–Crippen MR) is 309 cm³/mol. The predicted octanol–water partition coefficient (Wildman–Crippen LogP) is 2.65. The number of benzene rings is 3. The van der Waals surface area contributed by atoms with Crippen molar-refractivity contribution in [3.63, 3.8) is 0 Å². The molecule has 0 radical (unpaired) electrons. The van der Waals surface area contributed by atoms with E-state index in [0.717, 1.165) is 52.3 Å². The quantitative estimate of drug-likeness (QED) is 0.0183. The molecule has 0 bridgehead atoms. The van der Waals surface area contributed by atoms with E-state index in [1.54, 1.807) is 19.0 Å². The highest BCUT2D eigenvalue weighted by atomic mass is 16.7. The first kappa shape index (κ1) is 66.1. The largest absolute Gasteiger partial charge is 0.463 e. The van der Waals surface area contributed by atoms with Gasteiger partial charge in [-0.1, -0.05) is 36.4 Å². The van der Waals surface area contributed by atoms with Crippen LogP contribution in [0.3, 0.4) is 0 Å². The number of fused-ring (bicyclic) bond motifs is 3. The number of nitro benzene ring substituents is 1. The Morgan fingerprint density at radius 3 is 1.48 bits per heavy atom. The Morgan fingerprint density at radius 2 is 1.07 bits per heavy atom. The van der Waals surface area contributed by atoms with Gasteiger partial charge in [0, 0.05) is 74.3 Å². The van der Waals surface area contributed by atoms with Crippen LogP contribution in [0.5, 0.6) is 0 Å². The molecule has 2 fully saturated rings. The SMILES string of the molecule is CC(=O)OC[C@H]1O[C@@H](O[C@@H](C)[C@H](O[C@@H]2O[C@H](COC(C)=O)[C@@H](OC(C)=O)[C@H](OC(C)=O)[C@H]2N2C(=O)c3ccccc3C2=O)c2cnc3nc(/N=C/N(C)C)n(CCc4ccc([N+](=O)[O-])cc4)c(=O)c3n2)[C@H](N2C(=O)c3ccccc3C2=O)[C@@H](OC(C)=O)[C@@H]1OC(C)=O. The van der Waals surface area contributed by atoms with Gasteiger partial charge in [0.15, 0.2) is 48.2 Å². The van der Waals surface area contributed by atoms with Crippen molar-refractivity contribution in [2.45, 2.75) is 135 Å². The normalized spacial score (nSPS) is 23.3. The first-order valence-electron chi connectivity index (χ1n) is 28.5. The van der Waals surface area contributed by atoms with E-state index in [2.05, 4.69) is 15.0 Å².